The number of hydrogen-bond donors (Lipinski definition) is 2. The van der Waals surface area contributed by atoms with Gasteiger partial charge in [0, 0.05) is 29.3 Å². The highest BCUT2D eigenvalue weighted by Crippen LogP contribution is 2.38. The quantitative estimate of drug-likeness (QED) is 0.360. The van der Waals surface area contributed by atoms with E-state index in [2.05, 4.69) is 41.5 Å². The van der Waals surface area contributed by atoms with Crippen LogP contribution in [-0.2, 0) is 17.6 Å². The van der Waals surface area contributed by atoms with Gasteiger partial charge in [0.25, 0.3) is 0 Å². The van der Waals surface area contributed by atoms with Crippen LogP contribution in [-0.4, -0.2) is 31.3 Å². The summed E-state index contributed by atoms with van der Waals surface area (Å²) in [6.45, 7) is 6.25. The van der Waals surface area contributed by atoms with Gasteiger partial charge < -0.3 is 20.3 Å². The Kier molecular flexibility index (Phi) is 7.50. The van der Waals surface area contributed by atoms with E-state index in [1.807, 2.05) is 12.1 Å². The number of thiocarbonyl (C=S) groups is 1. The molecule has 1 aliphatic rings. The van der Waals surface area contributed by atoms with Crippen LogP contribution in [0.4, 0.5) is 16.4 Å². The summed E-state index contributed by atoms with van der Waals surface area (Å²) < 4.78 is 5.06. The molecule has 0 spiro atoms. The monoisotopic (exact) mass is 431 g/mol. The molecule has 7 heteroatoms. The van der Waals surface area contributed by atoms with E-state index < -0.39 is 0 Å². The SMILES string of the molecule is CCN(CC)c1ccc(NC(=S)Nc2sc3c(c2C(=O)OC)CCCCC3)cc1. The van der Waals surface area contributed by atoms with Crippen molar-refractivity contribution in [2.45, 2.75) is 46.0 Å². The molecule has 0 bridgehead atoms. The molecule has 156 valence electrons. The lowest BCUT2D eigenvalue weighted by atomic mass is 10.1. The van der Waals surface area contributed by atoms with Crippen LogP contribution < -0.4 is 15.5 Å². The number of carbonyl (C=O) groups is 1. The van der Waals surface area contributed by atoms with Gasteiger partial charge in [-0.05, 0) is 81.6 Å². The first-order valence-electron chi connectivity index (χ1n) is 10.2. The number of rotatable bonds is 6. The highest BCUT2D eigenvalue weighted by molar-refractivity contribution is 7.80. The zero-order chi connectivity index (χ0) is 20.8. The molecule has 0 saturated heterocycles. The van der Waals surface area contributed by atoms with Gasteiger partial charge in [-0.25, -0.2) is 4.79 Å². The molecule has 0 unspecified atom stereocenters. The fraction of sp³-hybridized carbons (Fsp3) is 0.455. The van der Waals surface area contributed by atoms with Crippen molar-refractivity contribution in [3.05, 3.63) is 40.3 Å². The lowest BCUT2D eigenvalue weighted by Gasteiger charge is -2.21. The molecule has 2 aromatic rings. The normalized spacial score (nSPS) is 13.2. The van der Waals surface area contributed by atoms with E-state index in [1.54, 1.807) is 11.3 Å². The van der Waals surface area contributed by atoms with E-state index in [4.69, 9.17) is 17.0 Å². The number of thiophene rings is 1. The largest absolute Gasteiger partial charge is 0.465 e. The zero-order valence-electron chi connectivity index (χ0n) is 17.3. The van der Waals surface area contributed by atoms with Crippen molar-refractivity contribution in [1.82, 2.24) is 0 Å². The Morgan fingerprint density at radius 2 is 1.79 bits per heavy atom. The fourth-order valence-electron chi connectivity index (χ4n) is 3.76. The summed E-state index contributed by atoms with van der Waals surface area (Å²) in [5.74, 6) is -0.293. The number of aryl methyl sites for hydroxylation is 1. The molecule has 5 nitrogen and oxygen atoms in total. The molecule has 3 rings (SSSR count). The second-order valence-electron chi connectivity index (χ2n) is 7.06. The van der Waals surface area contributed by atoms with Crippen LogP contribution >= 0.6 is 23.6 Å². The van der Waals surface area contributed by atoms with Gasteiger partial charge in [0.05, 0.1) is 12.7 Å². The fourth-order valence-corrected chi connectivity index (χ4v) is 5.32. The number of nitrogens with zero attached hydrogens (tertiary/aromatic N) is 1. The summed E-state index contributed by atoms with van der Waals surface area (Å²) in [6, 6.07) is 8.22. The Morgan fingerprint density at radius 1 is 1.10 bits per heavy atom. The van der Waals surface area contributed by atoms with Crippen molar-refractivity contribution in [3.8, 4) is 0 Å². The van der Waals surface area contributed by atoms with Crippen LogP contribution in [0.2, 0.25) is 0 Å². The van der Waals surface area contributed by atoms with Crippen LogP contribution in [0.1, 0.15) is 53.9 Å². The number of fused-ring (bicyclic) bond motifs is 1. The van der Waals surface area contributed by atoms with Gasteiger partial charge in [0.15, 0.2) is 5.11 Å². The van der Waals surface area contributed by atoms with Gasteiger partial charge >= 0.3 is 5.97 Å². The molecule has 1 aromatic heterocycles. The Hall–Kier alpha value is -2.12. The van der Waals surface area contributed by atoms with E-state index in [0.29, 0.717) is 10.7 Å². The molecule has 0 amide bonds. The van der Waals surface area contributed by atoms with Gasteiger partial charge in [0.2, 0.25) is 0 Å². The number of methoxy groups -OCH3 is 1. The highest BCUT2D eigenvalue weighted by atomic mass is 32.1. The average molecular weight is 432 g/mol. The molecule has 0 aliphatic heterocycles. The summed E-state index contributed by atoms with van der Waals surface area (Å²) in [5, 5.41) is 7.72. The Balaban J connectivity index is 1.74. The van der Waals surface area contributed by atoms with Crippen molar-refractivity contribution in [2.24, 2.45) is 0 Å². The molecule has 1 aromatic carbocycles. The van der Waals surface area contributed by atoms with Crippen LogP contribution in [0.25, 0.3) is 0 Å². The predicted molar refractivity (Wildman–Crippen MR) is 127 cm³/mol. The van der Waals surface area contributed by atoms with Gasteiger partial charge in [-0.3, -0.25) is 0 Å². The van der Waals surface area contributed by atoms with Crippen LogP contribution in [0.5, 0.6) is 0 Å². The smallest absolute Gasteiger partial charge is 0.341 e. The number of anilines is 3. The minimum atomic E-state index is -0.293. The maximum atomic E-state index is 12.5. The first kappa shape index (κ1) is 21.6. The van der Waals surface area contributed by atoms with Crippen LogP contribution in [0, 0.1) is 0 Å². The second-order valence-corrected chi connectivity index (χ2v) is 8.57. The first-order chi connectivity index (χ1) is 14.1. The van der Waals surface area contributed by atoms with Crippen molar-refractivity contribution >= 4 is 51.0 Å². The summed E-state index contributed by atoms with van der Waals surface area (Å²) >= 11 is 7.14. The van der Waals surface area contributed by atoms with E-state index in [0.717, 1.165) is 55.0 Å². The summed E-state index contributed by atoms with van der Waals surface area (Å²) in [6.07, 6.45) is 5.40. The van der Waals surface area contributed by atoms with Crippen molar-refractivity contribution in [1.29, 1.82) is 0 Å². The minimum Gasteiger partial charge on any atom is -0.465 e. The third-order valence-corrected chi connectivity index (χ3v) is 6.70. The molecule has 0 fully saturated rings. The molecule has 2 N–H and O–H groups in total. The van der Waals surface area contributed by atoms with Gasteiger partial charge in [-0.15, -0.1) is 11.3 Å². The molecular formula is C22H29N3O2S2. The number of esters is 1. The third kappa shape index (κ3) is 5.08. The number of benzene rings is 1. The maximum absolute atomic E-state index is 12.5. The standard InChI is InChI=1S/C22H29N3O2S2/c1-4-25(5-2)16-13-11-15(12-14-16)23-22(28)24-20-19(21(26)27-3)17-9-7-6-8-10-18(17)29-20/h11-14H,4-10H2,1-3H3,(H2,23,24,28). The summed E-state index contributed by atoms with van der Waals surface area (Å²) in [5.41, 5.74) is 3.88. The topological polar surface area (TPSA) is 53.6 Å². The molecule has 1 aliphatic carbocycles. The van der Waals surface area contributed by atoms with Gasteiger partial charge in [0.1, 0.15) is 5.00 Å². The van der Waals surface area contributed by atoms with Crippen LogP contribution in [0.15, 0.2) is 24.3 Å². The average Bonchev–Trinajstić information content (AvgIpc) is 2.90. The summed E-state index contributed by atoms with van der Waals surface area (Å²) in [4.78, 5) is 16.0. The summed E-state index contributed by atoms with van der Waals surface area (Å²) in [7, 11) is 1.43. The number of hydrogen-bond acceptors (Lipinski definition) is 5. The number of ether oxygens (including phenoxy) is 1. The predicted octanol–water partition coefficient (Wildman–Crippen LogP) is 5.46. The third-order valence-electron chi connectivity index (χ3n) is 5.29. The molecule has 1 heterocycles. The molecule has 29 heavy (non-hydrogen) atoms. The van der Waals surface area contributed by atoms with E-state index in [-0.39, 0.29) is 5.97 Å². The van der Waals surface area contributed by atoms with Crippen molar-refractivity contribution in [2.75, 3.05) is 35.7 Å². The molecule has 0 atom stereocenters. The van der Waals surface area contributed by atoms with Gasteiger partial charge in [-0.2, -0.15) is 0 Å². The first-order valence-corrected chi connectivity index (χ1v) is 11.5. The number of carbonyl (C=O) groups excluding carboxylic acids is 1. The lowest BCUT2D eigenvalue weighted by Crippen LogP contribution is -2.22. The molecule has 0 saturated carbocycles. The second kappa shape index (κ2) is 10.1. The molecular weight excluding hydrogens is 402 g/mol. The van der Waals surface area contributed by atoms with Crippen molar-refractivity contribution < 1.29 is 9.53 Å². The minimum absolute atomic E-state index is 0.293. The Bertz CT molecular complexity index is 858. The zero-order valence-corrected chi connectivity index (χ0v) is 19.0. The van der Waals surface area contributed by atoms with E-state index >= 15 is 0 Å². The number of nitrogens with one attached hydrogen (secondary N) is 2. The maximum Gasteiger partial charge on any atom is 0.341 e. The Morgan fingerprint density at radius 3 is 2.45 bits per heavy atom. The Labute approximate surface area is 182 Å². The van der Waals surface area contributed by atoms with Gasteiger partial charge in [-0.1, -0.05) is 6.42 Å². The molecule has 0 radical (unpaired) electrons. The van der Waals surface area contributed by atoms with Crippen LogP contribution in [0.3, 0.4) is 0 Å². The lowest BCUT2D eigenvalue weighted by molar-refractivity contribution is 0.0601. The highest BCUT2D eigenvalue weighted by Gasteiger charge is 2.25. The van der Waals surface area contributed by atoms with Crippen molar-refractivity contribution in [3.63, 3.8) is 0 Å². The van der Waals surface area contributed by atoms with E-state index in [9.17, 15) is 4.79 Å². The van der Waals surface area contributed by atoms with E-state index in [1.165, 1.54) is 24.1 Å².